The smallest absolute Gasteiger partial charge is 0.169 e. The predicted octanol–water partition coefficient (Wildman–Crippen LogP) is -0.509. The van der Waals surface area contributed by atoms with Crippen LogP contribution in [0.5, 0.6) is 0 Å². The Balaban J connectivity index is 1.39. The Morgan fingerprint density at radius 2 is 1.96 bits per heavy atom. The molecule has 2 fully saturated rings. The quantitative estimate of drug-likeness (QED) is 0.702. The van der Waals surface area contributed by atoms with Crippen LogP contribution in [0.25, 0.3) is 0 Å². The van der Waals surface area contributed by atoms with E-state index in [2.05, 4.69) is 34.5 Å². The fourth-order valence-corrected chi connectivity index (χ4v) is 5.70. The second-order valence-electron chi connectivity index (χ2n) is 6.71. The van der Waals surface area contributed by atoms with E-state index >= 15 is 0 Å². The van der Waals surface area contributed by atoms with Crippen LogP contribution in [0.15, 0.2) is 30.3 Å². The summed E-state index contributed by atoms with van der Waals surface area (Å²) in [5.41, 5.74) is 1.31. The van der Waals surface area contributed by atoms with Crippen LogP contribution >= 0.6 is 12.2 Å². The number of nitrogens with one attached hydrogen (secondary N) is 2. The van der Waals surface area contributed by atoms with Crippen LogP contribution in [0.2, 0.25) is 0 Å². The number of benzene rings is 1. The molecule has 3 rings (SSSR count). The Morgan fingerprint density at radius 3 is 2.58 bits per heavy atom. The molecular formula is C17H26N3O2S2+. The van der Waals surface area contributed by atoms with E-state index in [1.54, 1.807) is 0 Å². The molecule has 0 spiro atoms. The molecule has 1 aromatic rings. The average Bonchev–Trinajstić information content (AvgIpc) is 2.96. The Hall–Kier alpha value is -1.18. The van der Waals surface area contributed by atoms with Gasteiger partial charge in [-0.25, -0.2) is 8.42 Å². The van der Waals surface area contributed by atoms with Crippen molar-refractivity contribution in [2.45, 2.75) is 18.9 Å². The Morgan fingerprint density at radius 1 is 1.25 bits per heavy atom. The summed E-state index contributed by atoms with van der Waals surface area (Å²) >= 11 is 5.51. The normalized spacial score (nSPS) is 24.0. The highest BCUT2D eigenvalue weighted by molar-refractivity contribution is 7.91. The lowest BCUT2D eigenvalue weighted by Gasteiger charge is -2.36. The summed E-state index contributed by atoms with van der Waals surface area (Å²) in [6.45, 7) is 4.60. The molecule has 7 heteroatoms. The monoisotopic (exact) mass is 368 g/mol. The summed E-state index contributed by atoms with van der Waals surface area (Å²) in [5.74, 6) is 0.729. The molecule has 0 unspecified atom stereocenters. The number of thiocarbonyl (C=S) groups is 1. The third-order valence-electron chi connectivity index (χ3n) is 5.04. The molecule has 2 saturated heterocycles. The first-order chi connectivity index (χ1) is 11.5. The number of rotatable bonds is 4. The van der Waals surface area contributed by atoms with Crippen LogP contribution in [0.1, 0.15) is 12.0 Å². The fourth-order valence-electron chi connectivity index (χ4n) is 3.59. The molecule has 0 aliphatic carbocycles. The van der Waals surface area contributed by atoms with E-state index in [1.807, 2.05) is 6.07 Å². The molecule has 2 heterocycles. The summed E-state index contributed by atoms with van der Waals surface area (Å²) in [5, 5.41) is 4.17. The molecule has 2 N–H and O–H groups in total. The average molecular weight is 369 g/mol. The molecule has 1 aromatic carbocycles. The van der Waals surface area contributed by atoms with Crippen LogP contribution in [0.4, 0.5) is 0 Å². The lowest BCUT2D eigenvalue weighted by atomic mass is 10.1. The third kappa shape index (κ3) is 4.68. The zero-order chi connectivity index (χ0) is 17.0. The highest BCUT2D eigenvalue weighted by Crippen LogP contribution is 2.09. The summed E-state index contributed by atoms with van der Waals surface area (Å²) in [4.78, 5) is 3.65. The predicted molar refractivity (Wildman–Crippen MR) is 100 cm³/mol. The molecule has 132 valence electrons. The second kappa shape index (κ2) is 7.80. The first kappa shape index (κ1) is 17.6. The van der Waals surface area contributed by atoms with E-state index in [0.29, 0.717) is 11.5 Å². The summed E-state index contributed by atoms with van der Waals surface area (Å²) < 4.78 is 23.3. The largest absolute Gasteiger partial charge is 0.362 e. The van der Waals surface area contributed by atoms with Crippen LogP contribution in [-0.2, 0) is 16.3 Å². The van der Waals surface area contributed by atoms with Gasteiger partial charge in [0.1, 0.15) is 11.8 Å². The topological polar surface area (TPSA) is 53.9 Å². The van der Waals surface area contributed by atoms with Crippen molar-refractivity contribution in [2.75, 3.05) is 44.2 Å². The molecular weight excluding hydrogens is 342 g/mol. The summed E-state index contributed by atoms with van der Waals surface area (Å²) in [6.07, 6.45) is 1.78. The number of hydrogen-bond acceptors (Lipinski definition) is 3. The molecule has 0 bridgehead atoms. The van der Waals surface area contributed by atoms with Crippen molar-refractivity contribution in [1.82, 2.24) is 10.2 Å². The third-order valence-corrected chi connectivity index (χ3v) is 7.21. The van der Waals surface area contributed by atoms with E-state index in [1.165, 1.54) is 10.5 Å². The maximum Gasteiger partial charge on any atom is 0.169 e. The minimum absolute atomic E-state index is 0.289. The minimum atomic E-state index is -2.79. The van der Waals surface area contributed by atoms with E-state index < -0.39 is 9.84 Å². The van der Waals surface area contributed by atoms with Crippen molar-refractivity contribution in [3.8, 4) is 0 Å². The highest BCUT2D eigenvalue weighted by Gasteiger charge is 2.37. The number of sulfone groups is 1. The van der Waals surface area contributed by atoms with Crippen molar-refractivity contribution < 1.29 is 13.3 Å². The van der Waals surface area contributed by atoms with Crippen LogP contribution in [-0.4, -0.2) is 68.7 Å². The molecule has 0 aromatic heterocycles. The number of piperazine rings is 1. The maximum absolute atomic E-state index is 11.6. The van der Waals surface area contributed by atoms with Gasteiger partial charge in [0.25, 0.3) is 0 Å². The van der Waals surface area contributed by atoms with Crippen molar-refractivity contribution in [1.29, 1.82) is 0 Å². The van der Waals surface area contributed by atoms with Gasteiger partial charge in [0.05, 0.1) is 31.9 Å². The van der Waals surface area contributed by atoms with Gasteiger partial charge in [0.15, 0.2) is 14.9 Å². The van der Waals surface area contributed by atoms with Crippen LogP contribution in [0.3, 0.4) is 0 Å². The molecule has 0 amide bonds. The standard InChI is InChI=1S/C17H25N3O2S2/c21-24(22)13-7-16(14-24)19-9-11-20(12-10-19)17(23)18-8-6-15-4-2-1-3-5-15/h1-5,16H,6-14H2,(H,18,23)/p+1/t16-/m0/s1. The summed E-state index contributed by atoms with van der Waals surface area (Å²) in [6, 6.07) is 10.7. The van der Waals surface area contributed by atoms with Gasteiger partial charge in [-0.15, -0.1) is 0 Å². The van der Waals surface area contributed by atoms with Gasteiger partial charge < -0.3 is 15.1 Å². The molecule has 24 heavy (non-hydrogen) atoms. The van der Waals surface area contributed by atoms with Gasteiger partial charge in [-0.1, -0.05) is 30.3 Å². The molecule has 2 aliphatic heterocycles. The minimum Gasteiger partial charge on any atom is -0.362 e. The number of quaternary nitrogens is 1. The van der Waals surface area contributed by atoms with Gasteiger partial charge in [-0.2, -0.15) is 0 Å². The summed E-state index contributed by atoms with van der Waals surface area (Å²) in [7, 11) is -2.79. The van der Waals surface area contributed by atoms with Crippen molar-refractivity contribution in [2.24, 2.45) is 0 Å². The number of hydrogen-bond donors (Lipinski definition) is 2. The van der Waals surface area contributed by atoms with E-state index in [-0.39, 0.29) is 6.04 Å². The lowest BCUT2D eigenvalue weighted by Crippen LogP contribution is -3.18. The molecule has 0 saturated carbocycles. The van der Waals surface area contributed by atoms with Crippen LogP contribution < -0.4 is 10.2 Å². The molecule has 1 atom stereocenters. The van der Waals surface area contributed by atoms with Gasteiger partial charge in [-0.05, 0) is 24.2 Å². The zero-order valence-corrected chi connectivity index (χ0v) is 15.5. The molecule has 5 nitrogen and oxygen atoms in total. The first-order valence-corrected chi connectivity index (χ1v) is 10.9. The zero-order valence-electron chi connectivity index (χ0n) is 13.9. The van der Waals surface area contributed by atoms with E-state index in [4.69, 9.17) is 12.2 Å². The Labute approximate surface area is 149 Å². The SMILES string of the molecule is O=S1(=O)CC[C@H]([NH+]2CCN(C(=S)NCCc3ccccc3)CC2)C1. The van der Waals surface area contributed by atoms with Crippen molar-refractivity contribution in [3.05, 3.63) is 35.9 Å². The first-order valence-electron chi connectivity index (χ1n) is 8.65. The van der Waals surface area contributed by atoms with Crippen molar-refractivity contribution >= 4 is 27.2 Å². The molecule has 0 radical (unpaired) electrons. The van der Waals surface area contributed by atoms with E-state index in [0.717, 1.165) is 50.7 Å². The van der Waals surface area contributed by atoms with E-state index in [9.17, 15) is 8.42 Å². The van der Waals surface area contributed by atoms with Gasteiger partial charge >= 0.3 is 0 Å². The maximum atomic E-state index is 11.6. The number of nitrogens with zero attached hydrogens (tertiary/aromatic N) is 1. The molecule has 2 aliphatic rings. The van der Waals surface area contributed by atoms with Gasteiger partial charge in [-0.3, -0.25) is 0 Å². The second-order valence-corrected chi connectivity index (χ2v) is 9.33. The Kier molecular flexibility index (Phi) is 5.73. The highest BCUT2D eigenvalue weighted by atomic mass is 32.2. The van der Waals surface area contributed by atoms with Crippen LogP contribution in [0, 0.1) is 0 Å². The van der Waals surface area contributed by atoms with Crippen molar-refractivity contribution in [3.63, 3.8) is 0 Å². The fraction of sp³-hybridized carbons (Fsp3) is 0.588. The lowest BCUT2D eigenvalue weighted by molar-refractivity contribution is -0.925. The van der Waals surface area contributed by atoms with Gasteiger partial charge in [0, 0.05) is 13.0 Å². The Bertz CT molecular complexity index is 656. The van der Waals surface area contributed by atoms with Gasteiger partial charge in [0.2, 0.25) is 0 Å².